The molecule has 0 bridgehead atoms. The Bertz CT molecular complexity index is 192. The quantitative estimate of drug-likeness (QED) is 0.639. The molecule has 2 aliphatic rings. The molecular weight excluding hydrogens is 162 g/mol. The Morgan fingerprint density at radius 3 is 2.15 bits per heavy atom. The van der Waals surface area contributed by atoms with E-state index < -0.39 is 0 Å². The monoisotopic (exact) mass is 181 g/mol. The second kappa shape index (κ2) is 3.69. The van der Waals surface area contributed by atoms with Crippen molar-refractivity contribution in [2.75, 3.05) is 7.05 Å². The number of hydrogen-bond acceptors (Lipinski definition) is 1. The number of carbonyl (C=O) groups excluding carboxylic acids is 1. The molecule has 13 heavy (non-hydrogen) atoms. The highest BCUT2D eigenvalue weighted by Crippen LogP contribution is 2.30. The average Bonchev–Trinajstić information content (AvgIpc) is 2.51. The van der Waals surface area contributed by atoms with Crippen molar-refractivity contribution < 1.29 is 4.79 Å². The van der Waals surface area contributed by atoms with Crippen LogP contribution in [0.3, 0.4) is 0 Å². The zero-order chi connectivity index (χ0) is 9.26. The van der Waals surface area contributed by atoms with E-state index in [0.29, 0.717) is 17.9 Å². The fraction of sp³-hybridized carbons (Fsp3) is 0.909. The first kappa shape index (κ1) is 9.04. The Labute approximate surface area is 80.3 Å². The van der Waals surface area contributed by atoms with Crippen LogP contribution in [0.5, 0.6) is 0 Å². The van der Waals surface area contributed by atoms with Gasteiger partial charge in [0.1, 0.15) is 0 Å². The Hall–Kier alpha value is -0.530. The molecule has 0 unspecified atom stereocenters. The van der Waals surface area contributed by atoms with Crippen LogP contribution in [0.25, 0.3) is 0 Å². The lowest BCUT2D eigenvalue weighted by molar-refractivity contribution is -0.138. The number of nitrogens with zero attached hydrogens (tertiary/aromatic N) is 1. The molecule has 2 aliphatic carbocycles. The van der Waals surface area contributed by atoms with Gasteiger partial charge in [0.2, 0.25) is 5.91 Å². The van der Waals surface area contributed by atoms with E-state index in [9.17, 15) is 4.79 Å². The minimum atomic E-state index is 0.380. The van der Waals surface area contributed by atoms with Gasteiger partial charge in [-0.1, -0.05) is 19.3 Å². The Morgan fingerprint density at radius 1 is 1.08 bits per heavy atom. The summed E-state index contributed by atoms with van der Waals surface area (Å²) in [6.45, 7) is 0. The van der Waals surface area contributed by atoms with Gasteiger partial charge in [-0.25, -0.2) is 0 Å². The Balaban J connectivity index is 1.87. The van der Waals surface area contributed by atoms with E-state index in [-0.39, 0.29) is 0 Å². The summed E-state index contributed by atoms with van der Waals surface area (Å²) < 4.78 is 0. The van der Waals surface area contributed by atoms with Gasteiger partial charge in [0, 0.05) is 19.0 Å². The first-order valence-electron chi connectivity index (χ1n) is 5.55. The van der Waals surface area contributed by atoms with Crippen LogP contribution in [-0.4, -0.2) is 23.9 Å². The van der Waals surface area contributed by atoms with Crippen LogP contribution < -0.4 is 0 Å². The minimum absolute atomic E-state index is 0.380. The van der Waals surface area contributed by atoms with Crippen molar-refractivity contribution >= 4 is 5.91 Å². The molecule has 0 heterocycles. The SMILES string of the molecule is CN(C(=O)C1CCC1)C1CCCC1. The number of rotatable bonds is 2. The summed E-state index contributed by atoms with van der Waals surface area (Å²) >= 11 is 0. The third-order valence-electron chi connectivity index (χ3n) is 3.67. The molecule has 0 aromatic rings. The van der Waals surface area contributed by atoms with Crippen LogP contribution in [0, 0.1) is 5.92 Å². The lowest BCUT2D eigenvalue weighted by atomic mass is 9.84. The Morgan fingerprint density at radius 2 is 1.69 bits per heavy atom. The van der Waals surface area contributed by atoms with Crippen molar-refractivity contribution in [1.29, 1.82) is 0 Å². The minimum Gasteiger partial charge on any atom is -0.343 e. The van der Waals surface area contributed by atoms with Crippen molar-refractivity contribution in [2.24, 2.45) is 5.92 Å². The van der Waals surface area contributed by atoms with Gasteiger partial charge in [-0.05, 0) is 25.7 Å². The van der Waals surface area contributed by atoms with Crippen LogP contribution >= 0.6 is 0 Å². The molecule has 2 heteroatoms. The highest BCUT2D eigenvalue weighted by molar-refractivity contribution is 5.79. The molecule has 1 amide bonds. The third-order valence-corrected chi connectivity index (χ3v) is 3.67. The zero-order valence-corrected chi connectivity index (χ0v) is 8.46. The van der Waals surface area contributed by atoms with Crippen LogP contribution in [0.2, 0.25) is 0 Å². The first-order chi connectivity index (χ1) is 6.29. The van der Waals surface area contributed by atoms with Gasteiger partial charge in [0.15, 0.2) is 0 Å². The Kier molecular flexibility index (Phi) is 2.56. The summed E-state index contributed by atoms with van der Waals surface area (Å²) in [5, 5.41) is 0. The van der Waals surface area contributed by atoms with E-state index in [1.54, 1.807) is 0 Å². The second-order valence-corrected chi connectivity index (χ2v) is 4.52. The van der Waals surface area contributed by atoms with Crippen molar-refractivity contribution in [3.63, 3.8) is 0 Å². The van der Waals surface area contributed by atoms with E-state index >= 15 is 0 Å². The lowest BCUT2D eigenvalue weighted by Crippen LogP contribution is -2.41. The molecule has 0 radical (unpaired) electrons. The maximum atomic E-state index is 11.8. The molecule has 0 aromatic carbocycles. The summed E-state index contributed by atoms with van der Waals surface area (Å²) in [4.78, 5) is 13.9. The van der Waals surface area contributed by atoms with E-state index in [1.807, 2.05) is 11.9 Å². The summed E-state index contributed by atoms with van der Waals surface area (Å²) in [6, 6.07) is 0.563. The number of amides is 1. The summed E-state index contributed by atoms with van der Waals surface area (Å²) in [5.74, 6) is 0.795. The van der Waals surface area contributed by atoms with E-state index in [2.05, 4.69) is 0 Å². The molecule has 0 aromatic heterocycles. The molecule has 0 aliphatic heterocycles. The van der Waals surface area contributed by atoms with Gasteiger partial charge in [-0.3, -0.25) is 4.79 Å². The summed E-state index contributed by atoms with van der Waals surface area (Å²) in [5.41, 5.74) is 0. The van der Waals surface area contributed by atoms with E-state index in [4.69, 9.17) is 0 Å². The van der Waals surface area contributed by atoms with Crippen molar-refractivity contribution in [3.05, 3.63) is 0 Å². The highest BCUT2D eigenvalue weighted by Gasteiger charge is 2.31. The first-order valence-corrected chi connectivity index (χ1v) is 5.55. The molecular formula is C11H19NO. The maximum absolute atomic E-state index is 11.8. The lowest BCUT2D eigenvalue weighted by Gasteiger charge is -2.32. The average molecular weight is 181 g/mol. The van der Waals surface area contributed by atoms with Crippen LogP contribution in [-0.2, 0) is 4.79 Å². The number of hydrogen-bond donors (Lipinski definition) is 0. The van der Waals surface area contributed by atoms with Gasteiger partial charge < -0.3 is 4.90 Å². The van der Waals surface area contributed by atoms with E-state index in [0.717, 1.165) is 12.8 Å². The standard InChI is InChI=1S/C11H19NO/c1-12(10-7-2-3-8-10)11(13)9-5-4-6-9/h9-10H,2-8H2,1H3. The van der Waals surface area contributed by atoms with Gasteiger partial charge >= 0.3 is 0 Å². The van der Waals surface area contributed by atoms with Crippen LogP contribution in [0.15, 0.2) is 0 Å². The summed E-state index contributed by atoms with van der Waals surface area (Å²) in [6.07, 6.45) is 8.62. The van der Waals surface area contributed by atoms with Crippen molar-refractivity contribution in [2.45, 2.75) is 51.0 Å². The molecule has 2 fully saturated rings. The van der Waals surface area contributed by atoms with Gasteiger partial charge in [0.25, 0.3) is 0 Å². The maximum Gasteiger partial charge on any atom is 0.225 e. The third kappa shape index (κ3) is 1.72. The molecule has 74 valence electrons. The van der Waals surface area contributed by atoms with Gasteiger partial charge in [-0.2, -0.15) is 0 Å². The molecule has 0 spiro atoms. The fourth-order valence-electron chi connectivity index (χ4n) is 2.41. The van der Waals surface area contributed by atoms with Crippen molar-refractivity contribution in [1.82, 2.24) is 4.90 Å². The van der Waals surface area contributed by atoms with E-state index in [1.165, 1.54) is 32.1 Å². The van der Waals surface area contributed by atoms with Gasteiger partial charge in [0.05, 0.1) is 0 Å². The number of carbonyl (C=O) groups is 1. The topological polar surface area (TPSA) is 20.3 Å². The van der Waals surface area contributed by atoms with Gasteiger partial charge in [-0.15, -0.1) is 0 Å². The highest BCUT2D eigenvalue weighted by atomic mass is 16.2. The van der Waals surface area contributed by atoms with Crippen LogP contribution in [0.4, 0.5) is 0 Å². The fourth-order valence-corrected chi connectivity index (χ4v) is 2.41. The predicted molar refractivity (Wildman–Crippen MR) is 52.4 cm³/mol. The molecule has 0 saturated heterocycles. The van der Waals surface area contributed by atoms with Crippen molar-refractivity contribution in [3.8, 4) is 0 Å². The molecule has 2 saturated carbocycles. The smallest absolute Gasteiger partial charge is 0.225 e. The summed E-state index contributed by atoms with van der Waals surface area (Å²) in [7, 11) is 2.00. The zero-order valence-electron chi connectivity index (χ0n) is 8.46. The largest absolute Gasteiger partial charge is 0.343 e. The predicted octanol–water partition coefficient (Wildman–Crippen LogP) is 2.19. The molecule has 2 rings (SSSR count). The molecule has 0 N–H and O–H groups in total. The molecule has 2 nitrogen and oxygen atoms in total. The molecule has 0 atom stereocenters. The van der Waals surface area contributed by atoms with Crippen LogP contribution in [0.1, 0.15) is 44.9 Å². The normalized spacial score (nSPS) is 24.4. The second-order valence-electron chi connectivity index (χ2n) is 4.52.